The average Bonchev–Trinajstić information content (AvgIpc) is 3.61. The third kappa shape index (κ3) is 34.3. The van der Waals surface area contributed by atoms with E-state index in [1.807, 2.05) is 48.5 Å². The third-order valence-electron chi connectivity index (χ3n) is 7.40. The molecule has 1 aliphatic heterocycles. The highest BCUT2D eigenvalue weighted by Crippen LogP contribution is 2.14. The number of nitrogens with zero attached hydrogens (tertiary/aromatic N) is 7. The standard InChI is InChI=1S/C18H27N3O5S.C15H24N4O8.C7H8S/c19-21-20-7-9-24-11-13-26-15-14-25-12-10-23-8-6-18(22)27-16-17-4-2-1-3-5-17;16-18-17-4-6-24-8-10-26-12-11-25-9-7-23-5-3-15(22)27-19-13(20)1-2-14(19)21;8-6-7-4-2-1-3-5-7/h1-5H,6-16H2;1-12H2;1-5,8H,6H2. The van der Waals surface area contributed by atoms with Crippen molar-refractivity contribution >= 4 is 47.3 Å². The van der Waals surface area contributed by atoms with E-state index in [9.17, 15) is 19.2 Å². The first-order chi connectivity index (χ1) is 30.4. The van der Waals surface area contributed by atoms with Gasteiger partial charge >= 0.3 is 5.97 Å². The Hall–Kier alpha value is -4.28. The summed E-state index contributed by atoms with van der Waals surface area (Å²) in [5.74, 6) is -0.188. The van der Waals surface area contributed by atoms with E-state index >= 15 is 0 Å². The minimum absolute atomic E-state index is 0.0636. The lowest BCUT2D eigenvalue weighted by Gasteiger charge is -2.12. The van der Waals surface area contributed by atoms with Crippen LogP contribution in [0.3, 0.4) is 0 Å². The molecule has 0 radical (unpaired) electrons. The lowest BCUT2D eigenvalue weighted by molar-refractivity contribution is -0.198. The fourth-order valence-electron chi connectivity index (χ4n) is 4.33. The van der Waals surface area contributed by atoms with Crippen LogP contribution in [0.1, 0.15) is 36.8 Å². The van der Waals surface area contributed by atoms with E-state index in [0.29, 0.717) is 123 Å². The first-order valence-electron chi connectivity index (χ1n) is 20.0. The Balaban J connectivity index is 0.000000524. The van der Waals surface area contributed by atoms with E-state index in [1.165, 1.54) is 17.3 Å². The summed E-state index contributed by atoms with van der Waals surface area (Å²) in [6.07, 6.45) is 0.461. The van der Waals surface area contributed by atoms with Crippen molar-refractivity contribution in [3.8, 4) is 0 Å². The molecule has 1 heterocycles. The molecule has 0 bridgehead atoms. The molecule has 0 spiro atoms. The van der Waals surface area contributed by atoms with Gasteiger partial charge in [0, 0.05) is 53.7 Å². The Labute approximate surface area is 372 Å². The fourth-order valence-corrected chi connectivity index (χ4v) is 5.29. The molecule has 1 fully saturated rings. The smallest absolute Gasteiger partial charge is 0.335 e. The second-order valence-electron chi connectivity index (χ2n) is 12.1. The number of thioether (sulfide) groups is 1. The van der Waals surface area contributed by atoms with Gasteiger partial charge in [0.15, 0.2) is 5.12 Å². The van der Waals surface area contributed by atoms with Crippen LogP contribution < -0.4 is 0 Å². The highest BCUT2D eigenvalue weighted by atomic mass is 32.2. The van der Waals surface area contributed by atoms with Gasteiger partial charge in [-0.05, 0) is 22.2 Å². The number of carbonyl (C=O) groups excluding carboxylic acids is 4. The summed E-state index contributed by atoms with van der Waals surface area (Å²) < 4.78 is 42.2. The van der Waals surface area contributed by atoms with Crippen LogP contribution in [0.25, 0.3) is 20.9 Å². The van der Waals surface area contributed by atoms with Crippen molar-refractivity contribution in [2.45, 2.75) is 37.2 Å². The predicted octanol–water partition coefficient (Wildman–Crippen LogP) is 5.69. The van der Waals surface area contributed by atoms with Crippen LogP contribution in [0.2, 0.25) is 0 Å². The van der Waals surface area contributed by atoms with E-state index in [2.05, 4.69) is 44.8 Å². The lowest BCUT2D eigenvalue weighted by atomic mass is 10.2. The molecule has 0 saturated carbocycles. The quantitative estimate of drug-likeness (QED) is 0.0221. The van der Waals surface area contributed by atoms with E-state index in [0.717, 1.165) is 11.3 Å². The second-order valence-corrected chi connectivity index (χ2v) is 13.5. The molecule has 20 nitrogen and oxygen atoms in total. The number of thiol groups is 1. The van der Waals surface area contributed by atoms with Crippen molar-refractivity contribution in [3.63, 3.8) is 0 Å². The van der Waals surface area contributed by atoms with E-state index < -0.39 is 17.8 Å². The van der Waals surface area contributed by atoms with Crippen LogP contribution in [0.5, 0.6) is 0 Å². The molecule has 344 valence electrons. The molecule has 0 unspecified atom stereocenters. The van der Waals surface area contributed by atoms with Gasteiger partial charge in [-0.2, -0.15) is 12.6 Å². The zero-order valence-corrected chi connectivity index (χ0v) is 36.7. The van der Waals surface area contributed by atoms with Crippen molar-refractivity contribution in [1.82, 2.24) is 5.06 Å². The fraction of sp³-hybridized carbons (Fsp3) is 0.600. The Morgan fingerprint density at radius 2 is 0.935 bits per heavy atom. The molecule has 1 aliphatic rings. The molecule has 0 N–H and O–H groups in total. The van der Waals surface area contributed by atoms with Gasteiger partial charge in [0.25, 0.3) is 11.8 Å². The van der Waals surface area contributed by atoms with Crippen LogP contribution >= 0.6 is 24.4 Å². The van der Waals surface area contributed by atoms with Gasteiger partial charge in [-0.25, -0.2) is 4.79 Å². The average molecular weight is 910 g/mol. The summed E-state index contributed by atoms with van der Waals surface area (Å²) in [6.45, 7) is 6.97. The Morgan fingerprint density at radius 3 is 1.32 bits per heavy atom. The van der Waals surface area contributed by atoms with Crippen molar-refractivity contribution < 1.29 is 61.9 Å². The van der Waals surface area contributed by atoms with Crippen LogP contribution in [-0.4, -0.2) is 147 Å². The molecule has 2 aromatic carbocycles. The molecule has 22 heteroatoms. The van der Waals surface area contributed by atoms with Crippen LogP contribution in [-0.2, 0) is 73.4 Å². The molecule has 2 amide bonds. The summed E-state index contributed by atoms with van der Waals surface area (Å²) in [5, 5.41) is 7.33. The number of azide groups is 2. The Kier molecular flexibility index (Phi) is 37.8. The van der Waals surface area contributed by atoms with Gasteiger partial charge in [0.1, 0.15) is 0 Å². The number of carbonyl (C=O) groups is 4. The van der Waals surface area contributed by atoms with E-state index in [-0.39, 0.29) is 37.6 Å². The Morgan fingerprint density at radius 1 is 0.565 bits per heavy atom. The summed E-state index contributed by atoms with van der Waals surface area (Å²) in [4.78, 5) is 55.7. The second kappa shape index (κ2) is 42.0. The van der Waals surface area contributed by atoms with Crippen LogP contribution in [0, 0.1) is 0 Å². The zero-order chi connectivity index (χ0) is 45.0. The van der Waals surface area contributed by atoms with Crippen molar-refractivity contribution in [3.05, 3.63) is 92.7 Å². The highest BCUT2D eigenvalue weighted by molar-refractivity contribution is 8.12. The van der Waals surface area contributed by atoms with E-state index in [1.54, 1.807) is 0 Å². The number of imide groups is 1. The maximum absolute atomic E-state index is 11.8. The molecule has 1 saturated heterocycles. The summed E-state index contributed by atoms with van der Waals surface area (Å²) >= 11 is 5.43. The normalized spacial score (nSPS) is 11.7. The minimum Gasteiger partial charge on any atom is -0.379 e. The highest BCUT2D eigenvalue weighted by Gasteiger charge is 2.32. The summed E-state index contributed by atoms with van der Waals surface area (Å²) in [7, 11) is 0. The third-order valence-corrected chi connectivity index (χ3v) is 8.77. The monoisotopic (exact) mass is 909 g/mol. The lowest BCUT2D eigenvalue weighted by Crippen LogP contribution is -2.32. The van der Waals surface area contributed by atoms with Gasteiger partial charge in [-0.1, -0.05) is 82.7 Å². The van der Waals surface area contributed by atoms with Gasteiger partial charge in [0.05, 0.1) is 112 Å². The largest absolute Gasteiger partial charge is 0.379 e. The molecule has 0 aliphatic carbocycles. The molecule has 62 heavy (non-hydrogen) atoms. The number of benzene rings is 2. The zero-order valence-electron chi connectivity index (χ0n) is 35.0. The van der Waals surface area contributed by atoms with Gasteiger partial charge in [-0.3, -0.25) is 14.4 Å². The van der Waals surface area contributed by atoms with Gasteiger partial charge in [0.2, 0.25) is 0 Å². The predicted molar refractivity (Wildman–Crippen MR) is 233 cm³/mol. The molecular weight excluding hydrogens is 851 g/mol. The maximum Gasteiger partial charge on any atom is 0.335 e. The molecule has 0 atom stereocenters. The number of hydrogen-bond acceptors (Lipinski definition) is 17. The van der Waals surface area contributed by atoms with E-state index in [4.69, 9.17) is 53.8 Å². The summed E-state index contributed by atoms with van der Waals surface area (Å²) in [5.41, 5.74) is 18.6. The molecule has 0 aromatic heterocycles. The Bertz CT molecular complexity index is 1540. The number of ether oxygens (including phenoxy) is 8. The van der Waals surface area contributed by atoms with Gasteiger partial charge < -0.3 is 42.7 Å². The maximum atomic E-state index is 11.8. The number of hydrogen-bond donors (Lipinski definition) is 1. The first-order valence-corrected chi connectivity index (χ1v) is 21.6. The first kappa shape index (κ1) is 55.7. The number of hydroxylamine groups is 2. The van der Waals surface area contributed by atoms with Gasteiger partial charge in [-0.15, -0.1) is 5.06 Å². The minimum atomic E-state index is -0.699. The van der Waals surface area contributed by atoms with Crippen molar-refractivity contribution in [2.75, 3.05) is 119 Å². The molecule has 2 aromatic rings. The topological polar surface area (TPSA) is 252 Å². The SMILES string of the molecule is SCc1ccccc1.[N-]=[N+]=NCCOCCOCCOCCOCCC(=O)ON1C(=O)CCC1=O.[N-]=[N+]=NCCOCCOCCOCCOCCC(=O)SCc1ccccc1. The molecule has 3 rings (SSSR count). The number of amides is 2. The summed E-state index contributed by atoms with van der Waals surface area (Å²) in [6, 6.07) is 20.1. The molecular formula is C40H59N7O13S2. The number of rotatable bonds is 34. The van der Waals surface area contributed by atoms with Crippen molar-refractivity contribution in [2.24, 2.45) is 10.2 Å². The van der Waals surface area contributed by atoms with Crippen LogP contribution in [0.4, 0.5) is 0 Å². The van der Waals surface area contributed by atoms with Crippen molar-refractivity contribution in [1.29, 1.82) is 0 Å². The van der Waals surface area contributed by atoms with Crippen LogP contribution in [0.15, 0.2) is 70.9 Å².